The molecule has 0 bridgehead atoms. The molecule has 5 nitrogen and oxygen atoms in total. The quantitative estimate of drug-likeness (QED) is 0.220. The summed E-state index contributed by atoms with van der Waals surface area (Å²) < 4.78 is 25.6. The number of carbonyl (C=O) groups is 2. The normalized spacial score (nSPS) is 23.1. The Morgan fingerprint density at radius 1 is 1.03 bits per heavy atom. The molecular weight excluding hydrogens is 462 g/mol. The Kier molecular flexibility index (Phi) is 16.3. The van der Waals surface area contributed by atoms with Gasteiger partial charge in [-0.25, -0.2) is 13.6 Å². The first-order valence-electron chi connectivity index (χ1n) is 14.5. The lowest BCUT2D eigenvalue weighted by molar-refractivity contribution is -0.150. The maximum absolute atomic E-state index is 12.8. The fourth-order valence-electron chi connectivity index (χ4n) is 5.21. The monoisotopic (exact) mass is 514 g/mol. The molecular formula is C29H52F2N2O3. The summed E-state index contributed by atoms with van der Waals surface area (Å²) in [5.74, 6) is 0.586. The molecule has 210 valence electrons. The lowest BCUT2D eigenvalue weighted by atomic mass is 9.83. The number of alkyl halides is 2. The van der Waals surface area contributed by atoms with Crippen LogP contribution >= 0.6 is 0 Å². The van der Waals surface area contributed by atoms with Gasteiger partial charge in [-0.3, -0.25) is 9.79 Å². The van der Waals surface area contributed by atoms with Crippen molar-refractivity contribution in [3.05, 3.63) is 0 Å². The van der Waals surface area contributed by atoms with Crippen LogP contribution in [0.4, 0.5) is 8.78 Å². The summed E-state index contributed by atoms with van der Waals surface area (Å²) in [6.45, 7) is 7.05. The number of carbonyl (C=O) groups excluding carboxylic acids is 1. The average molecular weight is 515 g/mol. The topological polar surface area (TPSA) is 92.8 Å². The van der Waals surface area contributed by atoms with Gasteiger partial charge in [0.2, 0.25) is 0 Å². The first-order valence-corrected chi connectivity index (χ1v) is 14.5. The van der Waals surface area contributed by atoms with Crippen LogP contribution < -0.4 is 5.73 Å². The number of Topliss-reactive ketones (excluding diaryl/α,β-unsaturated/α-hetero) is 1. The van der Waals surface area contributed by atoms with Gasteiger partial charge in [-0.15, -0.1) is 0 Å². The van der Waals surface area contributed by atoms with E-state index in [1.54, 1.807) is 0 Å². The SMILES string of the molecule is CC(C)CCC1CCCCC1=O.CCCCCCCC1CCC/C1=N\CCCC(N)(C(=O)O)C(F)F. The molecule has 2 rings (SSSR count). The minimum atomic E-state index is -3.06. The van der Waals surface area contributed by atoms with Crippen LogP contribution in [-0.2, 0) is 9.59 Å². The summed E-state index contributed by atoms with van der Waals surface area (Å²) in [6, 6.07) is 0. The molecule has 2 aliphatic carbocycles. The van der Waals surface area contributed by atoms with Gasteiger partial charge in [-0.05, 0) is 69.6 Å². The molecule has 0 aromatic rings. The summed E-state index contributed by atoms with van der Waals surface area (Å²) in [7, 11) is 0. The molecule has 0 aromatic carbocycles. The van der Waals surface area contributed by atoms with Crippen LogP contribution in [0.15, 0.2) is 4.99 Å². The predicted octanol–water partition coefficient (Wildman–Crippen LogP) is 7.60. The number of unbranched alkanes of at least 4 members (excludes halogenated alkanes) is 4. The molecule has 7 heteroatoms. The number of aliphatic imine (C=N–C) groups is 1. The molecule has 36 heavy (non-hydrogen) atoms. The Morgan fingerprint density at radius 3 is 2.33 bits per heavy atom. The third kappa shape index (κ3) is 12.2. The number of carboxylic acids is 1. The Balaban J connectivity index is 0.000000450. The van der Waals surface area contributed by atoms with Crippen LogP contribution in [0.2, 0.25) is 0 Å². The van der Waals surface area contributed by atoms with Crippen molar-refractivity contribution in [2.24, 2.45) is 28.5 Å². The highest BCUT2D eigenvalue weighted by molar-refractivity contribution is 5.88. The number of carboxylic acid groups (broad SMARTS) is 1. The van der Waals surface area contributed by atoms with E-state index in [1.807, 2.05) is 0 Å². The summed E-state index contributed by atoms with van der Waals surface area (Å²) in [6.07, 6.45) is 14.5. The number of aliphatic carboxylic acids is 1. The second-order valence-corrected chi connectivity index (χ2v) is 11.3. The van der Waals surface area contributed by atoms with E-state index >= 15 is 0 Å². The van der Waals surface area contributed by atoms with Crippen molar-refractivity contribution in [3.63, 3.8) is 0 Å². The van der Waals surface area contributed by atoms with Crippen LogP contribution in [0.25, 0.3) is 0 Å². The van der Waals surface area contributed by atoms with E-state index in [-0.39, 0.29) is 12.8 Å². The van der Waals surface area contributed by atoms with Crippen LogP contribution in [0.5, 0.6) is 0 Å². The van der Waals surface area contributed by atoms with Crippen LogP contribution in [0.3, 0.4) is 0 Å². The van der Waals surface area contributed by atoms with Gasteiger partial charge in [0.1, 0.15) is 5.78 Å². The van der Waals surface area contributed by atoms with E-state index in [0.717, 1.165) is 50.9 Å². The Labute approximate surface area is 218 Å². The summed E-state index contributed by atoms with van der Waals surface area (Å²) in [5.41, 5.74) is 4.06. The van der Waals surface area contributed by atoms with Gasteiger partial charge in [0.25, 0.3) is 6.43 Å². The number of ketones is 1. The number of hydrogen-bond acceptors (Lipinski definition) is 4. The minimum Gasteiger partial charge on any atom is -0.480 e. The highest BCUT2D eigenvalue weighted by Crippen LogP contribution is 2.28. The molecule has 0 heterocycles. The van der Waals surface area contributed by atoms with Crippen molar-refractivity contribution in [2.45, 2.75) is 142 Å². The van der Waals surface area contributed by atoms with Crippen LogP contribution in [0, 0.1) is 17.8 Å². The Hall–Kier alpha value is -1.37. The smallest absolute Gasteiger partial charge is 0.329 e. The molecule has 0 amide bonds. The van der Waals surface area contributed by atoms with E-state index < -0.39 is 17.9 Å². The van der Waals surface area contributed by atoms with Crippen molar-refractivity contribution in [3.8, 4) is 0 Å². The molecule has 0 spiro atoms. The molecule has 3 N–H and O–H groups in total. The largest absolute Gasteiger partial charge is 0.480 e. The van der Waals surface area contributed by atoms with E-state index in [9.17, 15) is 18.4 Å². The van der Waals surface area contributed by atoms with Gasteiger partial charge in [0, 0.05) is 24.6 Å². The van der Waals surface area contributed by atoms with Crippen molar-refractivity contribution in [2.75, 3.05) is 6.54 Å². The van der Waals surface area contributed by atoms with E-state index in [2.05, 4.69) is 25.8 Å². The molecule has 0 aliphatic heterocycles. The zero-order valence-electron chi connectivity index (χ0n) is 23.1. The Bertz CT molecular complexity index is 669. The average Bonchev–Trinajstić information content (AvgIpc) is 3.28. The van der Waals surface area contributed by atoms with E-state index in [1.165, 1.54) is 57.1 Å². The number of rotatable bonds is 15. The van der Waals surface area contributed by atoms with Crippen LogP contribution in [-0.4, -0.2) is 41.1 Å². The van der Waals surface area contributed by atoms with Crippen molar-refractivity contribution in [1.29, 1.82) is 0 Å². The van der Waals surface area contributed by atoms with Gasteiger partial charge >= 0.3 is 5.97 Å². The lowest BCUT2D eigenvalue weighted by Crippen LogP contribution is -2.54. The molecule has 2 aliphatic rings. The third-order valence-corrected chi connectivity index (χ3v) is 7.74. The fourth-order valence-corrected chi connectivity index (χ4v) is 5.21. The minimum absolute atomic E-state index is 0.252. The molecule has 3 unspecified atom stereocenters. The van der Waals surface area contributed by atoms with Gasteiger partial charge in [-0.1, -0.05) is 65.7 Å². The zero-order chi connectivity index (χ0) is 27.0. The molecule has 0 saturated heterocycles. The molecule has 0 aromatic heterocycles. The molecule has 2 saturated carbocycles. The highest BCUT2D eigenvalue weighted by atomic mass is 19.3. The van der Waals surface area contributed by atoms with Crippen LogP contribution in [0.1, 0.15) is 130 Å². The first kappa shape index (κ1) is 32.7. The zero-order valence-corrected chi connectivity index (χ0v) is 23.1. The molecule has 2 fully saturated rings. The van der Waals surface area contributed by atoms with Gasteiger partial charge in [0.05, 0.1) is 0 Å². The number of nitrogens with zero attached hydrogens (tertiary/aromatic N) is 1. The second kappa shape index (κ2) is 18.0. The Morgan fingerprint density at radius 2 is 1.72 bits per heavy atom. The summed E-state index contributed by atoms with van der Waals surface area (Å²) in [5, 5.41) is 8.87. The van der Waals surface area contributed by atoms with Crippen molar-refractivity contribution in [1.82, 2.24) is 0 Å². The third-order valence-electron chi connectivity index (χ3n) is 7.74. The number of nitrogens with two attached hydrogens (primary N) is 1. The van der Waals surface area contributed by atoms with Gasteiger partial charge in [0.15, 0.2) is 5.54 Å². The van der Waals surface area contributed by atoms with Gasteiger partial charge in [-0.2, -0.15) is 0 Å². The maximum Gasteiger partial charge on any atom is 0.329 e. The van der Waals surface area contributed by atoms with E-state index in [0.29, 0.717) is 24.2 Å². The number of halogens is 2. The lowest BCUT2D eigenvalue weighted by Gasteiger charge is -2.23. The van der Waals surface area contributed by atoms with Crippen molar-refractivity contribution < 1.29 is 23.5 Å². The van der Waals surface area contributed by atoms with Crippen molar-refractivity contribution >= 4 is 17.5 Å². The first-order chi connectivity index (χ1) is 17.1. The predicted molar refractivity (Wildman–Crippen MR) is 144 cm³/mol. The second-order valence-electron chi connectivity index (χ2n) is 11.3. The number of hydrogen-bond donors (Lipinski definition) is 2. The summed E-state index contributed by atoms with van der Waals surface area (Å²) in [4.78, 5) is 26.9. The maximum atomic E-state index is 12.8. The molecule has 3 atom stereocenters. The van der Waals surface area contributed by atoms with E-state index in [4.69, 9.17) is 10.8 Å². The standard InChI is InChI=1S/C18H32F2N2O2.C11H20O/c1-2-3-4-5-6-9-14-10-7-11-15(14)22-13-8-12-18(21,16(19)20)17(23)24;1-9(2)7-8-10-5-3-4-6-11(10)12/h14,16H,2-13,21H2,1H3,(H,23,24);9-10H,3-8H2,1-2H3/b22-15+;. The van der Waals surface area contributed by atoms with Gasteiger partial charge < -0.3 is 10.8 Å². The summed E-state index contributed by atoms with van der Waals surface area (Å²) >= 11 is 0. The fraction of sp³-hybridized carbons (Fsp3) is 0.897. The molecule has 0 radical (unpaired) electrons. The highest BCUT2D eigenvalue weighted by Gasteiger charge is 2.43.